The van der Waals surface area contributed by atoms with Crippen LogP contribution in [0.4, 0.5) is 0 Å². The van der Waals surface area contributed by atoms with Gasteiger partial charge >= 0.3 is 0 Å². The summed E-state index contributed by atoms with van der Waals surface area (Å²) < 4.78 is 11.2. The summed E-state index contributed by atoms with van der Waals surface area (Å²) in [5, 5.41) is 3.14. The van der Waals surface area contributed by atoms with Crippen molar-refractivity contribution in [2.45, 2.75) is 45.6 Å². The van der Waals surface area contributed by atoms with Gasteiger partial charge in [-0.2, -0.15) is 0 Å². The van der Waals surface area contributed by atoms with E-state index in [4.69, 9.17) is 15.2 Å². The predicted molar refractivity (Wildman–Crippen MR) is 81.9 cm³/mol. The van der Waals surface area contributed by atoms with Crippen LogP contribution in [0.15, 0.2) is 0 Å². The van der Waals surface area contributed by atoms with E-state index in [1.165, 1.54) is 0 Å². The highest BCUT2D eigenvalue weighted by atomic mass is 16.5. The number of carbonyl (C=O) groups is 1. The van der Waals surface area contributed by atoms with Gasteiger partial charge in [0.15, 0.2) is 0 Å². The van der Waals surface area contributed by atoms with Crippen LogP contribution in [0.1, 0.15) is 39.5 Å². The Morgan fingerprint density at radius 2 is 2.05 bits per heavy atom. The second-order valence-corrected chi connectivity index (χ2v) is 6.79. The lowest BCUT2D eigenvalue weighted by molar-refractivity contribution is -0.136. The number of ether oxygens (including phenoxy) is 2. The third kappa shape index (κ3) is 3.96. The zero-order chi connectivity index (χ0) is 15.3. The molecule has 21 heavy (non-hydrogen) atoms. The van der Waals surface area contributed by atoms with Crippen molar-refractivity contribution in [3.63, 3.8) is 0 Å². The highest BCUT2D eigenvalue weighted by Gasteiger charge is 2.39. The van der Waals surface area contributed by atoms with E-state index in [1.807, 2.05) is 0 Å². The molecule has 0 spiro atoms. The molecule has 0 aromatic carbocycles. The predicted octanol–water partition coefficient (Wildman–Crippen LogP) is 1.31. The van der Waals surface area contributed by atoms with Crippen LogP contribution in [0, 0.1) is 17.3 Å². The highest BCUT2D eigenvalue weighted by Crippen LogP contribution is 2.30. The Morgan fingerprint density at radius 3 is 2.67 bits per heavy atom. The molecule has 1 amide bonds. The largest absolute Gasteiger partial charge is 0.381 e. The van der Waals surface area contributed by atoms with Crippen LogP contribution in [0.25, 0.3) is 0 Å². The minimum absolute atomic E-state index is 0.0985. The first kappa shape index (κ1) is 16.7. The normalized spacial score (nSPS) is 29.3. The summed E-state index contributed by atoms with van der Waals surface area (Å²) in [6.07, 6.45) is 3.91. The van der Waals surface area contributed by atoms with Crippen molar-refractivity contribution in [2.75, 3.05) is 32.9 Å². The van der Waals surface area contributed by atoms with E-state index in [0.717, 1.165) is 32.3 Å². The molecule has 5 nitrogen and oxygen atoms in total. The summed E-state index contributed by atoms with van der Waals surface area (Å²) in [5.41, 5.74) is 5.45. The summed E-state index contributed by atoms with van der Waals surface area (Å²) in [6, 6.07) is 0. The van der Waals surface area contributed by atoms with E-state index in [9.17, 15) is 4.79 Å². The molecule has 0 bridgehead atoms. The number of nitrogens with one attached hydrogen (secondary N) is 1. The topological polar surface area (TPSA) is 73.6 Å². The molecule has 0 radical (unpaired) electrons. The fourth-order valence-corrected chi connectivity index (χ4v) is 3.52. The molecule has 122 valence electrons. The standard InChI is InChI=1S/C16H30N2O3/c1-12(2)14-13(4-3-7-21-14)10-18-15(19)16(11-17)5-8-20-9-6-16/h12-14H,3-11,17H2,1-2H3,(H,18,19). The molecule has 2 fully saturated rings. The summed E-state index contributed by atoms with van der Waals surface area (Å²) in [4.78, 5) is 12.6. The fourth-order valence-electron chi connectivity index (χ4n) is 3.52. The van der Waals surface area contributed by atoms with Crippen molar-refractivity contribution < 1.29 is 14.3 Å². The van der Waals surface area contributed by atoms with E-state index >= 15 is 0 Å². The van der Waals surface area contributed by atoms with Gasteiger partial charge in [-0.05, 0) is 31.6 Å². The summed E-state index contributed by atoms with van der Waals surface area (Å²) in [7, 11) is 0. The van der Waals surface area contributed by atoms with E-state index in [1.54, 1.807) is 0 Å². The van der Waals surface area contributed by atoms with Crippen LogP contribution in [0.3, 0.4) is 0 Å². The monoisotopic (exact) mass is 298 g/mol. The van der Waals surface area contributed by atoms with Crippen molar-refractivity contribution in [1.29, 1.82) is 0 Å². The fraction of sp³-hybridized carbons (Fsp3) is 0.938. The molecular weight excluding hydrogens is 268 g/mol. The van der Waals surface area contributed by atoms with Gasteiger partial charge in [0.25, 0.3) is 0 Å². The average Bonchev–Trinajstić information content (AvgIpc) is 2.53. The zero-order valence-corrected chi connectivity index (χ0v) is 13.4. The second-order valence-electron chi connectivity index (χ2n) is 6.79. The maximum absolute atomic E-state index is 12.6. The molecule has 2 unspecified atom stereocenters. The van der Waals surface area contributed by atoms with Gasteiger partial charge in [-0.3, -0.25) is 4.79 Å². The number of rotatable bonds is 5. The Labute approximate surface area is 127 Å². The molecule has 2 atom stereocenters. The van der Waals surface area contributed by atoms with E-state index in [2.05, 4.69) is 19.2 Å². The molecule has 2 aliphatic rings. The average molecular weight is 298 g/mol. The second kappa shape index (κ2) is 7.56. The van der Waals surface area contributed by atoms with Crippen LogP contribution in [0.2, 0.25) is 0 Å². The SMILES string of the molecule is CC(C)C1OCCCC1CNC(=O)C1(CN)CCOCC1. The van der Waals surface area contributed by atoms with Gasteiger partial charge in [-0.15, -0.1) is 0 Å². The molecular formula is C16H30N2O3. The van der Waals surface area contributed by atoms with Gasteiger partial charge in [0.2, 0.25) is 5.91 Å². The Kier molecular flexibility index (Phi) is 6.02. The smallest absolute Gasteiger partial charge is 0.227 e. The molecule has 0 aromatic rings. The lowest BCUT2D eigenvalue weighted by Crippen LogP contribution is -2.51. The molecule has 3 N–H and O–H groups in total. The van der Waals surface area contributed by atoms with Crippen molar-refractivity contribution in [1.82, 2.24) is 5.32 Å². The molecule has 2 heterocycles. The molecule has 2 aliphatic heterocycles. The van der Waals surface area contributed by atoms with Crippen LogP contribution < -0.4 is 11.1 Å². The lowest BCUT2D eigenvalue weighted by atomic mass is 9.79. The first-order valence-electron chi connectivity index (χ1n) is 8.27. The molecule has 0 aliphatic carbocycles. The Bertz CT molecular complexity index is 340. The Balaban J connectivity index is 1.89. The quantitative estimate of drug-likeness (QED) is 0.802. The van der Waals surface area contributed by atoms with Gasteiger partial charge in [-0.25, -0.2) is 0 Å². The molecule has 2 rings (SSSR count). The molecule has 0 aromatic heterocycles. The van der Waals surface area contributed by atoms with Gasteiger partial charge in [0.1, 0.15) is 0 Å². The minimum Gasteiger partial charge on any atom is -0.381 e. The maximum Gasteiger partial charge on any atom is 0.227 e. The van der Waals surface area contributed by atoms with Gasteiger partial charge in [-0.1, -0.05) is 13.8 Å². The van der Waals surface area contributed by atoms with E-state index in [-0.39, 0.29) is 12.0 Å². The van der Waals surface area contributed by atoms with Gasteiger partial charge in [0, 0.05) is 38.8 Å². The van der Waals surface area contributed by atoms with Crippen molar-refractivity contribution >= 4 is 5.91 Å². The maximum atomic E-state index is 12.6. The highest BCUT2D eigenvalue weighted by molar-refractivity contribution is 5.83. The van der Waals surface area contributed by atoms with Gasteiger partial charge in [0.05, 0.1) is 11.5 Å². The van der Waals surface area contributed by atoms with Crippen LogP contribution in [0.5, 0.6) is 0 Å². The first-order chi connectivity index (χ1) is 10.1. The Morgan fingerprint density at radius 1 is 1.33 bits per heavy atom. The molecule has 2 saturated heterocycles. The number of hydrogen-bond acceptors (Lipinski definition) is 4. The number of carbonyl (C=O) groups excluding carboxylic acids is 1. The van der Waals surface area contributed by atoms with Crippen LogP contribution in [-0.2, 0) is 14.3 Å². The first-order valence-corrected chi connectivity index (χ1v) is 8.27. The minimum atomic E-state index is -0.429. The van der Waals surface area contributed by atoms with E-state index < -0.39 is 5.41 Å². The van der Waals surface area contributed by atoms with Crippen LogP contribution >= 0.6 is 0 Å². The summed E-state index contributed by atoms with van der Waals surface area (Å²) >= 11 is 0. The summed E-state index contributed by atoms with van der Waals surface area (Å²) in [6.45, 7) is 7.57. The number of nitrogens with two attached hydrogens (primary N) is 1. The third-order valence-corrected chi connectivity index (χ3v) is 5.00. The molecule has 5 heteroatoms. The van der Waals surface area contributed by atoms with Gasteiger partial charge < -0.3 is 20.5 Å². The summed E-state index contributed by atoms with van der Waals surface area (Å²) in [5.74, 6) is 0.998. The van der Waals surface area contributed by atoms with Crippen molar-refractivity contribution in [3.8, 4) is 0 Å². The lowest BCUT2D eigenvalue weighted by Gasteiger charge is -2.37. The van der Waals surface area contributed by atoms with E-state index in [0.29, 0.717) is 38.1 Å². The Hall–Kier alpha value is -0.650. The van der Waals surface area contributed by atoms with Crippen molar-refractivity contribution in [2.24, 2.45) is 23.0 Å². The molecule has 0 saturated carbocycles. The van der Waals surface area contributed by atoms with Crippen LogP contribution in [-0.4, -0.2) is 44.9 Å². The zero-order valence-electron chi connectivity index (χ0n) is 13.4. The number of hydrogen-bond donors (Lipinski definition) is 2. The third-order valence-electron chi connectivity index (χ3n) is 5.00. The number of amides is 1. The van der Waals surface area contributed by atoms with Crippen molar-refractivity contribution in [3.05, 3.63) is 0 Å².